The fourth-order valence-electron chi connectivity index (χ4n) is 2.46. The lowest BCUT2D eigenvalue weighted by Crippen LogP contribution is -2.26. The van der Waals surface area contributed by atoms with Crippen LogP contribution in [0.4, 0.5) is 10.1 Å². The van der Waals surface area contributed by atoms with E-state index in [0.29, 0.717) is 6.04 Å². The van der Waals surface area contributed by atoms with Crippen LogP contribution in [0.5, 0.6) is 0 Å². The number of nitrogens with zero attached hydrogens (tertiary/aromatic N) is 1. The first-order chi connectivity index (χ1) is 8.67. The zero-order valence-corrected chi connectivity index (χ0v) is 11.5. The summed E-state index contributed by atoms with van der Waals surface area (Å²) in [4.78, 5) is 2.18. The van der Waals surface area contributed by atoms with Gasteiger partial charge in [0.15, 0.2) is 0 Å². The van der Waals surface area contributed by atoms with Gasteiger partial charge in [-0.25, -0.2) is 4.39 Å². The summed E-state index contributed by atoms with van der Waals surface area (Å²) >= 11 is 0. The summed E-state index contributed by atoms with van der Waals surface area (Å²) in [6.07, 6.45) is 2.39. The van der Waals surface area contributed by atoms with Gasteiger partial charge in [-0.3, -0.25) is 0 Å². The average Bonchev–Trinajstić information content (AvgIpc) is 3.17. The highest BCUT2D eigenvalue weighted by Gasteiger charge is 2.29. The Morgan fingerprint density at radius 2 is 2.11 bits per heavy atom. The topological polar surface area (TPSA) is 15.3 Å². The molecule has 1 aliphatic carbocycles. The summed E-state index contributed by atoms with van der Waals surface area (Å²) in [5.41, 5.74) is 1.78. The van der Waals surface area contributed by atoms with E-state index < -0.39 is 0 Å². The summed E-state index contributed by atoms with van der Waals surface area (Å²) < 4.78 is 14.2. The molecule has 2 rings (SSSR count). The van der Waals surface area contributed by atoms with Crippen molar-refractivity contribution in [2.45, 2.75) is 45.7 Å². The molecule has 0 aliphatic heterocycles. The fraction of sp³-hybridized carbons (Fsp3) is 0.600. The molecule has 0 bridgehead atoms. The van der Waals surface area contributed by atoms with Crippen LogP contribution in [-0.4, -0.2) is 19.1 Å². The number of nitrogens with one attached hydrogen (secondary N) is 1. The Hall–Kier alpha value is -1.09. The molecular formula is C15H23FN2. The first-order valence-corrected chi connectivity index (χ1v) is 6.96. The van der Waals surface area contributed by atoms with Crippen molar-refractivity contribution in [1.82, 2.24) is 5.32 Å². The molecule has 3 heteroatoms. The van der Waals surface area contributed by atoms with Gasteiger partial charge >= 0.3 is 0 Å². The number of rotatable bonds is 6. The third kappa shape index (κ3) is 2.83. The van der Waals surface area contributed by atoms with Gasteiger partial charge in [0.05, 0.1) is 5.69 Å². The summed E-state index contributed by atoms with van der Waals surface area (Å²) in [6, 6.07) is 6.40. The van der Waals surface area contributed by atoms with Crippen molar-refractivity contribution in [3.63, 3.8) is 0 Å². The minimum absolute atomic E-state index is 0.0917. The Kier molecular flexibility index (Phi) is 4.23. The Bertz CT molecular complexity index is 401. The quantitative estimate of drug-likeness (QED) is 0.831. The molecule has 1 saturated carbocycles. The van der Waals surface area contributed by atoms with Crippen LogP contribution in [0.2, 0.25) is 0 Å². The number of hydrogen-bond donors (Lipinski definition) is 1. The highest BCUT2D eigenvalue weighted by molar-refractivity contribution is 5.51. The van der Waals surface area contributed by atoms with E-state index in [0.717, 1.165) is 24.3 Å². The molecule has 1 fully saturated rings. The third-order valence-electron chi connectivity index (χ3n) is 3.62. The van der Waals surface area contributed by atoms with Gasteiger partial charge in [-0.15, -0.1) is 0 Å². The normalized spacial score (nSPS) is 16.7. The molecule has 1 N–H and O–H groups in total. The fourth-order valence-corrected chi connectivity index (χ4v) is 2.46. The van der Waals surface area contributed by atoms with Crippen LogP contribution >= 0.6 is 0 Å². The average molecular weight is 250 g/mol. The molecule has 1 unspecified atom stereocenters. The Morgan fingerprint density at radius 1 is 1.39 bits per heavy atom. The van der Waals surface area contributed by atoms with E-state index in [1.807, 2.05) is 12.1 Å². The van der Waals surface area contributed by atoms with E-state index in [2.05, 4.69) is 31.0 Å². The molecule has 0 amide bonds. The van der Waals surface area contributed by atoms with Crippen LogP contribution in [0.15, 0.2) is 18.2 Å². The van der Waals surface area contributed by atoms with Crippen LogP contribution in [-0.2, 0) is 0 Å². The van der Waals surface area contributed by atoms with E-state index in [9.17, 15) is 4.39 Å². The van der Waals surface area contributed by atoms with E-state index in [1.54, 1.807) is 6.07 Å². The number of benzene rings is 1. The van der Waals surface area contributed by atoms with E-state index in [-0.39, 0.29) is 11.9 Å². The first-order valence-electron chi connectivity index (χ1n) is 6.96. The molecule has 0 spiro atoms. The van der Waals surface area contributed by atoms with Crippen LogP contribution in [0.1, 0.15) is 45.2 Å². The van der Waals surface area contributed by atoms with E-state index >= 15 is 0 Å². The molecule has 1 atom stereocenters. The van der Waals surface area contributed by atoms with Gasteiger partial charge in [-0.1, -0.05) is 13.0 Å². The van der Waals surface area contributed by atoms with Gasteiger partial charge in [0.25, 0.3) is 0 Å². The van der Waals surface area contributed by atoms with Gasteiger partial charge < -0.3 is 10.2 Å². The molecule has 1 aromatic rings. The molecule has 0 aromatic heterocycles. The zero-order valence-electron chi connectivity index (χ0n) is 11.5. The van der Waals surface area contributed by atoms with Gasteiger partial charge in [0.1, 0.15) is 5.82 Å². The molecule has 1 aliphatic rings. The molecule has 100 valence electrons. The summed E-state index contributed by atoms with van der Waals surface area (Å²) in [6.45, 7) is 7.99. The predicted molar refractivity (Wildman–Crippen MR) is 74.5 cm³/mol. The summed E-state index contributed by atoms with van der Waals surface area (Å²) in [5, 5.41) is 3.31. The van der Waals surface area contributed by atoms with Crippen molar-refractivity contribution in [3.05, 3.63) is 29.6 Å². The van der Waals surface area contributed by atoms with Crippen LogP contribution in [0.25, 0.3) is 0 Å². The Morgan fingerprint density at radius 3 is 2.61 bits per heavy atom. The smallest absolute Gasteiger partial charge is 0.146 e. The highest BCUT2D eigenvalue weighted by Crippen LogP contribution is 2.33. The predicted octanol–water partition coefficient (Wildman–Crippen LogP) is 3.48. The van der Waals surface area contributed by atoms with Gasteiger partial charge in [-0.2, -0.15) is 0 Å². The lowest BCUT2D eigenvalue weighted by atomic mass is 10.1. The second-order valence-electron chi connectivity index (χ2n) is 5.01. The largest absolute Gasteiger partial charge is 0.366 e. The highest BCUT2D eigenvalue weighted by atomic mass is 19.1. The Labute approximate surface area is 109 Å². The number of halogens is 1. The minimum atomic E-state index is -0.0917. The van der Waals surface area contributed by atoms with Crippen molar-refractivity contribution in [2.24, 2.45) is 0 Å². The molecule has 0 saturated heterocycles. The standard InChI is InChI=1S/C15H23FN2/c1-4-17-11(3)12-6-9-15(14(16)10-12)18(5-2)13-7-8-13/h6,9-11,13,17H,4-5,7-8H2,1-3H3. The maximum Gasteiger partial charge on any atom is 0.146 e. The number of hydrogen-bond acceptors (Lipinski definition) is 2. The molecule has 1 aromatic carbocycles. The van der Waals surface area contributed by atoms with Crippen molar-refractivity contribution in [3.8, 4) is 0 Å². The van der Waals surface area contributed by atoms with Gasteiger partial charge in [0, 0.05) is 18.6 Å². The summed E-state index contributed by atoms with van der Waals surface area (Å²) in [7, 11) is 0. The SMILES string of the molecule is CCNC(C)c1ccc(N(CC)C2CC2)c(F)c1. The third-order valence-corrected chi connectivity index (χ3v) is 3.62. The van der Waals surface area contributed by atoms with Crippen molar-refractivity contribution >= 4 is 5.69 Å². The molecule has 2 nitrogen and oxygen atoms in total. The molecule has 0 radical (unpaired) electrons. The van der Waals surface area contributed by atoms with E-state index in [4.69, 9.17) is 0 Å². The second kappa shape index (κ2) is 5.70. The molecule has 18 heavy (non-hydrogen) atoms. The summed E-state index contributed by atoms with van der Waals surface area (Å²) in [5.74, 6) is -0.0917. The van der Waals surface area contributed by atoms with Gasteiger partial charge in [-0.05, 0) is 50.9 Å². The number of anilines is 1. The van der Waals surface area contributed by atoms with Crippen LogP contribution < -0.4 is 10.2 Å². The zero-order chi connectivity index (χ0) is 13.1. The van der Waals surface area contributed by atoms with Crippen molar-refractivity contribution < 1.29 is 4.39 Å². The molecule has 0 heterocycles. The maximum absolute atomic E-state index is 14.2. The van der Waals surface area contributed by atoms with Gasteiger partial charge in [0.2, 0.25) is 0 Å². The van der Waals surface area contributed by atoms with Crippen molar-refractivity contribution in [2.75, 3.05) is 18.0 Å². The van der Waals surface area contributed by atoms with Crippen LogP contribution in [0.3, 0.4) is 0 Å². The molecular weight excluding hydrogens is 227 g/mol. The Balaban J connectivity index is 2.18. The monoisotopic (exact) mass is 250 g/mol. The second-order valence-corrected chi connectivity index (χ2v) is 5.01. The lowest BCUT2D eigenvalue weighted by molar-refractivity contribution is 0.580. The van der Waals surface area contributed by atoms with E-state index in [1.165, 1.54) is 12.8 Å². The maximum atomic E-state index is 14.2. The van der Waals surface area contributed by atoms with Crippen molar-refractivity contribution in [1.29, 1.82) is 0 Å². The lowest BCUT2D eigenvalue weighted by Gasteiger charge is -2.24. The minimum Gasteiger partial charge on any atom is -0.366 e. The van der Waals surface area contributed by atoms with Crippen LogP contribution in [0, 0.1) is 5.82 Å². The first kappa shape index (κ1) is 13.3.